The lowest BCUT2D eigenvalue weighted by molar-refractivity contribution is -0.159. The van der Waals surface area contributed by atoms with Crippen LogP contribution >= 0.6 is 0 Å². The molecule has 0 aromatic rings. The first kappa shape index (κ1) is 16.6. The molecule has 4 aliphatic carbocycles. The van der Waals surface area contributed by atoms with Gasteiger partial charge in [0.15, 0.2) is 0 Å². The van der Waals surface area contributed by atoms with Crippen LogP contribution in [0.2, 0.25) is 0 Å². The van der Waals surface area contributed by atoms with Crippen LogP contribution in [0, 0.1) is 34.5 Å². The van der Waals surface area contributed by atoms with Crippen LogP contribution < -0.4 is 0 Å². The third kappa shape index (κ3) is 2.45. The van der Waals surface area contributed by atoms with Crippen molar-refractivity contribution in [2.45, 2.75) is 84.7 Å². The average molecular weight is 332 g/mol. The Morgan fingerprint density at radius 1 is 1.08 bits per heavy atom. The van der Waals surface area contributed by atoms with Crippen molar-refractivity contribution in [1.29, 1.82) is 0 Å². The van der Waals surface area contributed by atoms with Gasteiger partial charge in [0, 0.05) is 19.8 Å². The standard InChI is InChI=1S/C21H32O3/c1-13(22)24-16-6-9-21(3)14(10-16)4-5-17-18(21)7-8-20(2)12-15(23)11-19(17)20/h14,16-19H,4-12H2,1-3H3/t14-,16-,17+,18+,19-,20+,21+/m0/s1. The number of esters is 1. The molecule has 0 saturated heterocycles. The zero-order chi connectivity index (χ0) is 17.1. The van der Waals surface area contributed by atoms with Crippen molar-refractivity contribution >= 4 is 11.8 Å². The molecule has 24 heavy (non-hydrogen) atoms. The van der Waals surface area contributed by atoms with E-state index < -0.39 is 0 Å². The SMILES string of the molecule is CC(=O)O[C@H]1CC[C@]2(C)[C@@H](CC[C@@H]3[C@H]2CC[C@]2(C)CC(=O)C[C@@H]32)C1. The van der Waals surface area contributed by atoms with Gasteiger partial charge in [-0.3, -0.25) is 9.59 Å². The van der Waals surface area contributed by atoms with E-state index >= 15 is 0 Å². The molecule has 0 amide bonds. The molecule has 0 aromatic carbocycles. The van der Waals surface area contributed by atoms with E-state index in [1.165, 1.54) is 39.0 Å². The number of carbonyl (C=O) groups excluding carboxylic acids is 2. The van der Waals surface area contributed by atoms with Gasteiger partial charge in [0.05, 0.1) is 0 Å². The number of Topliss-reactive ketones (excluding diaryl/α,β-unsaturated/α-hetero) is 1. The van der Waals surface area contributed by atoms with Gasteiger partial charge in [-0.15, -0.1) is 0 Å². The summed E-state index contributed by atoms with van der Waals surface area (Å²) in [6.07, 6.45) is 10.2. The fraction of sp³-hybridized carbons (Fsp3) is 0.905. The maximum Gasteiger partial charge on any atom is 0.302 e. The molecule has 0 unspecified atom stereocenters. The maximum atomic E-state index is 12.1. The first-order valence-corrected chi connectivity index (χ1v) is 10.0. The minimum absolute atomic E-state index is 0.129. The Kier molecular flexibility index (Phi) is 3.85. The van der Waals surface area contributed by atoms with Crippen LogP contribution in [0.3, 0.4) is 0 Å². The highest BCUT2D eigenvalue weighted by Gasteiger charge is 2.59. The first-order valence-electron chi connectivity index (χ1n) is 10.0. The molecule has 3 nitrogen and oxygen atoms in total. The van der Waals surface area contributed by atoms with Gasteiger partial charge in [-0.1, -0.05) is 13.8 Å². The summed E-state index contributed by atoms with van der Waals surface area (Å²) >= 11 is 0. The molecule has 0 aromatic heterocycles. The quantitative estimate of drug-likeness (QED) is 0.663. The van der Waals surface area contributed by atoms with Crippen LogP contribution in [0.4, 0.5) is 0 Å². The molecule has 0 heterocycles. The van der Waals surface area contributed by atoms with Crippen molar-refractivity contribution in [3.05, 3.63) is 0 Å². The molecule has 0 spiro atoms. The summed E-state index contributed by atoms with van der Waals surface area (Å²) < 4.78 is 5.54. The third-order valence-electron chi connectivity index (χ3n) is 8.52. The second-order valence-corrected chi connectivity index (χ2v) is 9.78. The largest absolute Gasteiger partial charge is 0.463 e. The van der Waals surface area contributed by atoms with Crippen molar-refractivity contribution in [3.63, 3.8) is 0 Å². The molecule has 0 bridgehead atoms. The summed E-state index contributed by atoms with van der Waals surface area (Å²) in [5, 5.41) is 0. The molecule has 4 fully saturated rings. The Morgan fingerprint density at radius 2 is 1.88 bits per heavy atom. The van der Waals surface area contributed by atoms with E-state index in [1.807, 2.05) is 0 Å². The van der Waals surface area contributed by atoms with E-state index in [-0.39, 0.29) is 17.5 Å². The fourth-order valence-electron chi connectivity index (χ4n) is 7.34. The molecule has 0 aliphatic heterocycles. The zero-order valence-corrected chi connectivity index (χ0v) is 15.5. The molecule has 7 atom stereocenters. The summed E-state index contributed by atoms with van der Waals surface area (Å²) in [5.74, 6) is 3.23. The van der Waals surface area contributed by atoms with Crippen LogP contribution in [0.25, 0.3) is 0 Å². The zero-order valence-electron chi connectivity index (χ0n) is 15.5. The van der Waals surface area contributed by atoms with Gasteiger partial charge in [0.1, 0.15) is 11.9 Å². The molecule has 0 radical (unpaired) electrons. The van der Waals surface area contributed by atoms with Crippen LogP contribution in [-0.4, -0.2) is 17.9 Å². The lowest BCUT2D eigenvalue weighted by atomic mass is 9.45. The number of hydrogen-bond acceptors (Lipinski definition) is 3. The molecule has 4 rings (SSSR count). The van der Waals surface area contributed by atoms with Crippen molar-refractivity contribution in [2.24, 2.45) is 34.5 Å². The van der Waals surface area contributed by atoms with Gasteiger partial charge in [-0.05, 0) is 79.4 Å². The van der Waals surface area contributed by atoms with Crippen LogP contribution in [0.15, 0.2) is 0 Å². The number of ketones is 1. The highest BCUT2D eigenvalue weighted by molar-refractivity contribution is 5.82. The summed E-state index contributed by atoms with van der Waals surface area (Å²) in [4.78, 5) is 23.5. The van der Waals surface area contributed by atoms with E-state index in [2.05, 4.69) is 13.8 Å². The number of ether oxygens (including phenoxy) is 1. The Hall–Kier alpha value is -0.860. The van der Waals surface area contributed by atoms with Gasteiger partial charge in [-0.2, -0.15) is 0 Å². The average Bonchev–Trinajstić information content (AvgIpc) is 2.81. The molecule has 134 valence electrons. The van der Waals surface area contributed by atoms with E-state index in [4.69, 9.17) is 4.74 Å². The van der Waals surface area contributed by atoms with E-state index in [9.17, 15) is 9.59 Å². The Labute approximate surface area is 145 Å². The van der Waals surface area contributed by atoms with Gasteiger partial charge in [-0.25, -0.2) is 0 Å². The lowest BCUT2D eigenvalue weighted by Crippen LogP contribution is -2.53. The van der Waals surface area contributed by atoms with Crippen molar-refractivity contribution in [2.75, 3.05) is 0 Å². The van der Waals surface area contributed by atoms with Crippen molar-refractivity contribution in [1.82, 2.24) is 0 Å². The topological polar surface area (TPSA) is 43.4 Å². The molecular formula is C21H32O3. The fourth-order valence-corrected chi connectivity index (χ4v) is 7.34. The van der Waals surface area contributed by atoms with Gasteiger partial charge >= 0.3 is 5.97 Å². The molecule has 4 saturated carbocycles. The smallest absolute Gasteiger partial charge is 0.302 e. The third-order valence-corrected chi connectivity index (χ3v) is 8.52. The van der Waals surface area contributed by atoms with Gasteiger partial charge in [0.25, 0.3) is 0 Å². The maximum absolute atomic E-state index is 12.1. The first-order chi connectivity index (χ1) is 11.3. The Balaban J connectivity index is 1.54. The van der Waals surface area contributed by atoms with Crippen LogP contribution in [-0.2, 0) is 14.3 Å². The van der Waals surface area contributed by atoms with Crippen LogP contribution in [0.1, 0.15) is 78.6 Å². The summed E-state index contributed by atoms with van der Waals surface area (Å²) in [6, 6.07) is 0. The predicted octanol–water partition coefficient (Wildman–Crippen LogP) is 4.53. The predicted molar refractivity (Wildman–Crippen MR) is 92.3 cm³/mol. The minimum Gasteiger partial charge on any atom is -0.463 e. The number of hydrogen-bond donors (Lipinski definition) is 0. The highest BCUT2D eigenvalue weighted by Crippen LogP contribution is 2.65. The van der Waals surface area contributed by atoms with Gasteiger partial charge < -0.3 is 4.74 Å². The van der Waals surface area contributed by atoms with Crippen molar-refractivity contribution in [3.8, 4) is 0 Å². The Bertz CT molecular complexity index is 555. The molecular weight excluding hydrogens is 300 g/mol. The molecule has 0 N–H and O–H groups in total. The van der Waals surface area contributed by atoms with Crippen molar-refractivity contribution < 1.29 is 14.3 Å². The normalized spacial score (nSPS) is 50.6. The summed E-state index contributed by atoms with van der Waals surface area (Å²) in [6.45, 7) is 6.42. The second kappa shape index (κ2) is 5.57. The number of rotatable bonds is 1. The highest BCUT2D eigenvalue weighted by atomic mass is 16.5. The lowest BCUT2D eigenvalue weighted by Gasteiger charge is -2.60. The van der Waals surface area contributed by atoms with E-state index in [0.717, 1.165) is 37.5 Å². The summed E-state index contributed by atoms with van der Waals surface area (Å²) in [5.41, 5.74) is 0.683. The number of carbonyl (C=O) groups is 2. The summed E-state index contributed by atoms with van der Waals surface area (Å²) in [7, 11) is 0. The minimum atomic E-state index is -0.129. The molecule has 3 heteroatoms. The Morgan fingerprint density at radius 3 is 2.62 bits per heavy atom. The molecule has 4 aliphatic rings. The van der Waals surface area contributed by atoms with E-state index in [0.29, 0.717) is 23.0 Å². The number of fused-ring (bicyclic) bond motifs is 5. The van der Waals surface area contributed by atoms with Crippen LogP contribution in [0.5, 0.6) is 0 Å². The monoisotopic (exact) mass is 332 g/mol. The second-order valence-electron chi connectivity index (χ2n) is 9.78. The van der Waals surface area contributed by atoms with E-state index in [1.54, 1.807) is 0 Å². The van der Waals surface area contributed by atoms with Gasteiger partial charge in [0.2, 0.25) is 0 Å².